The molecule has 1 aromatic carbocycles. The van der Waals surface area contributed by atoms with E-state index in [1.54, 1.807) is 18.2 Å². The van der Waals surface area contributed by atoms with Crippen LogP contribution in [0.2, 0.25) is 0 Å². The molecule has 0 radical (unpaired) electrons. The largest absolute Gasteiger partial charge is 0.481 e. The van der Waals surface area contributed by atoms with Crippen molar-refractivity contribution in [2.75, 3.05) is 0 Å². The highest BCUT2D eigenvalue weighted by Gasteiger charge is 2.01. The van der Waals surface area contributed by atoms with Gasteiger partial charge < -0.3 is 5.11 Å². The van der Waals surface area contributed by atoms with Crippen LogP contribution in [0.25, 0.3) is 6.08 Å². The van der Waals surface area contributed by atoms with Gasteiger partial charge in [0.1, 0.15) is 0 Å². The minimum atomic E-state index is -0.877. The highest BCUT2D eigenvalue weighted by atomic mass is 16.4. The van der Waals surface area contributed by atoms with Gasteiger partial charge >= 0.3 is 5.97 Å². The first-order valence-corrected chi connectivity index (χ1v) is 4.53. The minimum Gasteiger partial charge on any atom is -0.481 e. The Morgan fingerprint density at radius 3 is 2.93 bits per heavy atom. The number of carboxylic acid groups (broad SMARTS) is 1. The van der Waals surface area contributed by atoms with E-state index in [9.17, 15) is 4.79 Å². The van der Waals surface area contributed by atoms with Crippen molar-refractivity contribution >= 4 is 12.0 Å². The molecule has 0 aliphatic rings. The van der Waals surface area contributed by atoms with Gasteiger partial charge in [-0.15, -0.1) is 0 Å². The van der Waals surface area contributed by atoms with Crippen molar-refractivity contribution < 1.29 is 9.90 Å². The molecule has 0 bridgehead atoms. The van der Waals surface area contributed by atoms with E-state index in [4.69, 9.17) is 10.4 Å². The Morgan fingerprint density at radius 1 is 1.60 bits per heavy atom. The summed E-state index contributed by atoms with van der Waals surface area (Å²) in [4.78, 5) is 10.3. The molecule has 0 saturated heterocycles. The fraction of sp³-hybridized carbons (Fsp3) is 0.167. The van der Waals surface area contributed by atoms with Gasteiger partial charge in [0.2, 0.25) is 0 Å². The second-order valence-electron chi connectivity index (χ2n) is 3.15. The van der Waals surface area contributed by atoms with Gasteiger partial charge in [-0.25, -0.2) is 0 Å². The molecule has 0 atom stereocenters. The number of rotatable bonds is 3. The maximum atomic E-state index is 10.3. The standard InChI is InChI=1S/C12H11NO2/c1-9-4-2-5-10(8-13)11(9)6-3-7-12(14)15/h2-6H,7H2,1H3,(H,14,15). The van der Waals surface area contributed by atoms with E-state index in [1.807, 2.05) is 19.1 Å². The van der Waals surface area contributed by atoms with E-state index in [-0.39, 0.29) is 6.42 Å². The molecular formula is C12H11NO2. The van der Waals surface area contributed by atoms with E-state index >= 15 is 0 Å². The third-order valence-electron chi connectivity index (χ3n) is 2.02. The smallest absolute Gasteiger partial charge is 0.307 e. The summed E-state index contributed by atoms with van der Waals surface area (Å²) in [5.41, 5.74) is 2.33. The van der Waals surface area contributed by atoms with Crippen molar-refractivity contribution in [3.63, 3.8) is 0 Å². The Labute approximate surface area is 88.3 Å². The van der Waals surface area contributed by atoms with Crippen molar-refractivity contribution in [3.05, 3.63) is 41.0 Å². The summed E-state index contributed by atoms with van der Waals surface area (Å²) in [6.07, 6.45) is 3.20. The molecule has 1 N–H and O–H groups in total. The molecule has 0 unspecified atom stereocenters. The Kier molecular flexibility index (Phi) is 3.64. The van der Waals surface area contributed by atoms with E-state index < -0.39 is 5.97 Å². The van der Waals surface area contributed by atoms with Crippen molar-refractivity contribution in [3.8, 4) is 6.07 Å². The van der Waals surface area contributed by atoms with Crippen LogP contribution in [-0.2, 0) is 4.79 Å². The molecule has 76 valence electrons. The van der Waals surface area contributed by atoms with Gasteiger partial charge in [0, 0.05) is 0 Å². The molecule has 0 saturated carbocycles. The Bertz CT molecular complexity index is 441. The molecule has 1 rings (SSSR count). The lowest BCUT2D eigenvalue weighted by molar-refractivity contribution is -0.135. The lowest BCUT2D eigenvalue weighted by Gasteiger charge is -2.01. The number of benzene rings is 1. The van der Waals surface area contributed by atoms with Crippen LogP contribution in [0, 0.1) is 18.3 Å². The summed E-state index contributed by atoms with van der Waals surface area (Å²) in [6, 6.07) is 7.49. The van der Waals surface area contributed by atoms with E-state index in [0.717, 1.165) is 11.1 Å². The molecule has 0 aliphatic carbocycles. The first-order chi connectivity index (χ1) is 7.15. The number of carbonyl (C=O) groups is 1. The van der Waals surface area contributed by atoms with Gasteiger partial charge in [0.25, 0.3) is 0 Å². The first kappa shape index (κ1) is 11.0. The predicted octanol–water partition coefficient (Wildman–Crippen LogP) is 2.35. The van der Waals surface area contributed by atoms with Crippen LogP contribution in [-0.4, -0.2) is 11.1 Å². The van der Waals surface area contributed by atoms with Gasteiger partial charge in [0.15, 0.2) is 0 Å². The van der Waals surface area contributed by atoms with Crippen molar-refractivity contribution in [1.29, 1.82) is 5.26 Å². The fourth-order valence-corrected chi connectivity index (χ4v) is 1.28. The van der Waals surface area contributed by atoms with Gasteiger partial charge in [-0.1, -0.05) is 24.3 Å². The number of hydrogen-bond acceptors (Lipinski definition) is 2. The Hall–Kier alpha value is -2.08. The second-order valence-corrected chi connectivity index (χ2v) is 3.15. The molecule has 0 aromatic heterocycles. The topological polar surface area (TPSA) is 61.1 Å². The van der Waals surface area contributed by atoms with E-state index in [0.29, 0.717) is 5.56 Å². The first-order valence-electron chi connectivity index (χ1n) is 4.53. The third-order valence-corrected chi connectivity index (χ3v) is 2.02. The summed E-state index contributed by atoms with van der Waals surface area (Å²) in [7, 11) is 0. The molecular weight excluding hydrogens is 190 g/mol. The number of nitriles is 1. The van der Waals surface area contributed by atoms with Gasteiger partial charge in [-0.05, 0) is 24.1 Å². The van der Waals surface area contributed by atoms with Crippen molar-refractivity contribution in [1.82, 2.24) is 0 Å². The molecule has 0 aliphatic heterocycles. The fourth-order valence-electron chi connectivity index (χ4n) is 1.28. The summed E-state index contributed by atoms with van der Waals surface area (Å²) >= 11 is 0. The summed E-state index contributed by atoms with van der Waals surface area (Å²) in [5.74, 6) is -0.877. The molecule has 0 heterocycles. The zero-order valence-corrected chi connectivity index (χ0v) is 8.40. The highest BCUT2D eigenvalue weighted by Crippen LogP contribution is 2.15. The Balaban J connectivity index is 2.98. The number of nitrogens with zero attached hydrogens (tertiary/aromatic N) is 1. The van der Waals surface area contributed by atoms with Crippen molar-refractivity contribution in [2.45, 2.75) is 13.3 Å². The molecule has 3 heteroatoms. The second kappa shape index (κ2) is 4.97. The van der Waals surface area contributed by atoms with Crippen LogP contribution in [0.15, 0.2) is 24.3 Å². The Morgan fingerprint density at radius 2 is 2.33 bits per heavy atom. The van der Waals surface area contributed by atoms with Crippen molar-refractivity contribution in [2.24, 2.45) is 0 Å². The molecule has 1 aromatic rings. The van der Waals surface area contributed by atoms with E-state index in [2.05, 4.69) is 6.07 Å². The van der Waals surface area contributed by atoms with Crippen LogP contribution < -0.4 is 0 Å². The minimum absolute atomic E-state index is 0.0286. The lowest BCUT2D eigenvalue weighted by atomic mass is 10.0. The maximum absolute atomic E-state index is 10.3. The van der Waals surface area contributed by atoms with Gasteiger partial charge in [-0.2, -0.15) is 5.26 Å². The zero-order valence-electron chi connectivity index (χ0n) is 8.40. The molecule has 0 amide bonds. The van der Waals surface area contributed by atoms with Crippen LogP contribution in [0.3, 0.4) is 0 Å². The predicted molar refractivity (Wildman–Crippen MR) is 57.2 cm³/mol. The van der Waals surface area contributed by atoms with Gasteiger partial charge in [0.05, 0.1) is 18.1 Å². The SMILES string of the molecule is Cc1cccc(C#N)c1C=CCC(=O)O. The average Bonchev–Trinajstić information content (AvgIpc) is 2.20. The van der Waals surface area contributed by atoms with Crippen LogP contribution in [0.1, 0.15) is 23.1 Å². The summed E-state index contributed by atoms with van der Waals surface area (Å²) in [6.45, 7) is 1.89. The maximum Gasteiger partial charge on any atom is 0.307 e. The normalized spacial score (nSPS) is 10.1. The molecule has 0 fully saturated rings. The number of hydrogen-bond donors (Lipinski definition) is 1. The zero-order chi connectivity index (χ0) is 11.3. The van der Waals surface area contributed by atoms with Crippen LogP contribution in [0.5, 0.6) is 0 Å². The van der Waals surface area contributed by atoms with Crippen LogP contribution in [0.4, 0.5) is 0 Å². The quantitative estimate of drug-likeness (QED) is 0.816. The molecule has 3 nitrogen and oxygen atoms in total. The summed E-state index contributed by atoms with van der Waals surface area (Å²) < 4.78 is 0. The van der Waals surface area contributed by atoms with E-state index in [1.165, 1.54) is 0 Å². The third kappa shape index (κ3) is 2.96. The number of carboxylic acids is 1. The monoisotopic (exact) mass is 201 g/mol. The lowest BCUT2D eigenvalue weighted by Crippen LogP contribution is -1.91. The average molecular weight is 201 g/mol. The molecule has 0 spiro atoms. The highest BCUT2D eigenvalue weighted by molar-refractivity contribution is 5.71. The van der Waals surface area contributed by atoms with Crippen LogP contribution >= 0.6 is 0 Å². The summed E-state index contributed by atoms with van der Waals surface area (Å²) in [5, 5.41) is 17.3. The number of aryl methyl sites for hydroxylation is 1. The molecule has 15 heavy (non-hydrogen) atoms. The van der Waals surface area contributed by atoms with Gasteiger partial charge in [-0.3, -0.25) is 4.79 Å². The number of aliphatic carboxylic acids is 1.